The number of nitrogens with one attached hydrogen (secondary N) is 1. The normalized spacial score (nSPS) is 11.4. The molecule has 0 aromatic heterocycles. The number of hydrogen-bond donors (Lipinski definition) is 1. The SMILES string of the molecule is CN(C)/C=C/C(=O)c1cccc(NC(=O)c2cccc(C(F)(F)F)c2)c1. The minimum absolute atomic E-state index is 0.121. The van der Waals surface area contributed by atoms with Crippen LogP contribution in [0.25, 0.3) is 0 Å². The number of nitrogens with zero attached hydrogens (tertiary/aromatic N) is 1. The van der Waals surface area contributed by atoms with Gasteiger partial charge in [-0.15, -0.1) is 0 Å². The average Bonchev–Trinajstić information content (AvgIpc) is 2.59. The highest BCUT2D eigenvalue weighted by molar-refractivity contribution is 6.07. The first-order chi connectivity index (χ1) is 12.2. The first-order valence-electron chi connectivity index (χ1n) is 7.64. The third kappa shape index (κ3) is 5.20. The lowest BCUT2D eigenvalue weighted by Gasteiger charge is -2.10. The number of anilines is 1. The van der Waals surface area contributed by atoms with Crippen molar-refractivity contribution in [3.05, 3.63) is 77.5 Å². The van der Waals surface area contributed by atoms with E-state index in [1.54, 1.807) is 43.4 Å². The number of carbonyl (C=O) groups is 2. The van der Waals surface area contributed by atoms with Crippen LogP contribution in [0.4, 0.5) is 18.9 Å². The summed E-state index contributed by atoms with van der Waals surface area (Å²) in [6, 6.07) is 10.3. The second-order valence-electron chi connectivity index (χ2n) is 5.76. The van der Waals surface area contributed by atoms with E-state index in [0.717, 1.165) is 12.1 Å². The summed E-state index contributed by atoms with van der Waals surface area (Å²) in [6.45, 7) is 0. The van der Waals surface area contributed by atoms with E-state index in [4.69, 9.17) is 0 Å². The molecule has 0 fully saturated rings. The Morgan fingerprint density at radius 2 is 1.65 bits per heavy atom. The van der Waals surface area contributed by atoms with Crippen molar-refractivity contribution in [2.24, 2.45) is 0 Å². The molecule has 1 amide bonds. The first kappa shape index (κ1) is 19.2. The molecule has 26 heavy (non-hydrogen) atoms. The predicted molar refractivity (Wildman–Crippen MR) is 93.0 cm³/mol. The van der Waals surface area contributed by atoms with E-state index in [2.05, 4.69) is 5.32 Å². The number of halogens is 3. The van der Waals surface area contributed by atoms with Crippen molar-refractivity contribution in [3.63, 3.8) is 0 Å². The highest BCUT2D eigenvalue weighted by Crippen LogP contribution is 2.29. The second kappa shape index (κ2) is 7.86. The third-order valence-corrected chi connectivity index (χ3v) is 3.38. The summed E-state index contributed by atoms with van der Waals surface area (Å²) < 4.78 is 38.3. The van der Waals surface area contributed by atoms with Crippen LogP contribution in [-0.4, -0.2) is 30.7 Å². The highest BCUT2D eigenvalue weighted by Gasteiger charge is 2.30. The van der Waals surface area contributed by atoms with Crippen LogP contribution in [0.5, 0.6) is 0 Å². The zero-order valence-electron chi connectivity index (χ0n) is 14.2. The molecule has 4 nitrogen and oxygen atoms in total. The molecule has 136 valence electrons. The van der Waals surface area contributed by atoms with Gasteiger partial charge in [0.1, 0.15) is 0 Å². The quantitative estimate of drug-likeness (QED) is 0.640. The lowest BCUT2D eigenvalue weighted by atomic mass is 10.1. The second-order valence-corrected chi connectivity index (χ2v) is 5.76. The summed E-state index contributed by atoms with van der Waals surface area (Å²) in [5.41, 5.74) is -0.353. The van der Waals surface area contributed by atoms with Crippen molar-refractivity contribution in [1.82, 2.24) is 4.90 Å². The van der Waals surface area contributed by atoms with Gasteiger partial charge in [-0.1, -0.05) is 18.2 Å². The van der Waals surface area contributed by atoms with Crippen molar-refractivity contribution >= 4 is 17.4 Å². The van der Waals surface area contributed by atoms with Crippen LogP contribution < -0.4 is 5.32 Å². The van der Waals surface area contributed by atoms with E-state index in [1.807, 2.05) is 0 Å². The largest absolute Gasteiger partial charge is 0.416 e. The van der Waals surface area contributed by atoms with Gasteiger partial charge in [-0.3, -0.25) is 9.59 Å². The fourth-order valence-corrected chi connectivity index (χ4v) is 2.10. The lowest BCUT2D eigenvalue weighted by Crippen LogP contribution is -2.14. The molecule has 0 radical (unpaired) electrons. The molecule has 0 unspecified atom stereocenters. The van der Waals surface area contributed by atoms with Crippen LogP contribution in [0.3, 0.4) is 0 Å². The Morgan fingerprint density at radius 1 is 1.00 bits per heavy atom. The van der Waals surface area contributed by atoms with Gasteiger partial charge in [-0.2, -0.15) is 13.2 Å². The predicted octanol–water partition coefficient (Wildman–Crippen LogP) is 4.22. The van der Waals surface area contributed by atoms with E-state index in [0.29, 0.717) is 11.3 Å². The smallest absolute Gasteiger partial charge is 0.383 e. The minimum Gasteiger partial charge on any atom is -0.383 e. The molecule has 0 aliphatic heterocycles. The number of rotatable bonds is 5. The number of amides is 1. The van der Waals surface area contributed by atoms with E-state index < -0.39 is 17.6 Å². The highest BCUT2D eigenvalue weighted by atomic mass is 19.4. The monoisotopic (exact) mass is 362 g/mol. The van der Waals surface area contributed by atoms with Gasteiger partial charge in [0.2, 0.25) is 0 Å². The third-order valence-electron chi connectivity index (χ3n) is 3.38. The van der Waals surface area contributed by atoms with Crippen LogP contribution in [0.15, 0.2) is 60.8 Å². The van der Waals surface area contributed by atoms with Gasteiger partial charge >= 0.3 is 6.18 Å². The number of allylic oxidation sites excluding steroid dienone is 1. The van der Waals surface area contributed by atoms with E-state index in [-0.39, 0.29) is 11.3 Å². The van der Waals surface area contributed by atoms with E-state index in [9.17, 15) is 22.8 Å². The van der Waals surface area contributed by atoms with Crippen molar-refractivity contribution in [2.45, 2.75) is 6.18 Å². The number of hydrogen-bond acceptors (Lipinski definition) is 3. The average molecular weight is 362 g/mol. The number of ketones is 1. The van der Waals surface area contributed by atoms with Crippen molar-refractivity contribution in [3.8, 4) is 0 Å². The molecule has 0 aliphatic rings. The summed E-state index contributed by atoms with van der Waals surface area (Å²) >= 11 is 0. The van der Waals surface area contributed by atoms with Crippen molar-refractivity contribution in [2.75, 3.05) is 19.4 Å². The van der Waals surface area contributed by atoms with Crippen molar-refractivity contribution < 1.29 is 22.8 Å². The molecule has 0 atom stereocenters. The molecule has 7 heteroatoms. The Labute approximate surface area is 148 Å². The van der Waals surface area contributed by atoms with Crippen LogP contribution >= 0.6 is 0 Å². The van der Waals surface area contributed by atoms with Gasteiger partial charge in [0.05, 0.1) is 5.56 Å². The fraction of sp³-hybridized carbons (Fsp3) is 0.158. The van der Waals surface area contributed by atoms with Crippen LogP contribution in [0.2, 0.25) is 0 Å². The first-order valence-corrected chi connectivity index (χ1v) is 7.64. The topological polar surface area (TPSA) is 49.4 Å². The molecule has 1 N–H and O–H groups in total. The molecule has 0 saturated carbocycles. The molecule has 2 aromatic rings. The maximum absolute atomic E-state index is 12.8. The zero-order valence-corrected chi connectivity index (χ0v) is 14.2. The summed E-state index contributed by atoms with van der Waals surface area (Å²) in [5.74, 6) is -0.946. The summed E-state index contributed by atoms with van der Waals surface area (Å²) in [6.07, 6.45) is -1.55. The Morgan fingerprint density at radius 3 is 2.31 bits per heavy atom. The Balaban J connectivity index is 2.17. The number of carbonyl (C=O) groups excluding carboxylic acids is 2. The molecule has 2 rings (SSSR count). The standard InChI is InChI=1S/C19H17F3N2O2/c1-24(2)10-9-17(25)13-5-4-8-16(12-13)23-18(26)14-6-3-7-15(11-14)19(20,21)22/h3-12H,1-2H3,(H,23,26)/b10-9+. The Bertz CT molecular complexity index is 843. The Hall–Kier alpha value is -3.09. The zero-order chi connectivity index (χ0) is 19.3. The molecular formula is C19H17F3N2O2. The maximum Gasteiger partial charge on any atom is 0.416 e. The van der Waals surface area contributed by atoms with Gasteiger partial charge < -0.3 is 10.2 Å². The number of benzene rings is 2. The Kier molecular flexibility index (Phi) is 5.82. The van der Waals surface area contributed by atoms with Gasteiger partial charge in [-0.05, 0) is 30.3 Å². The summed E-state index contributed by atoms with van der Waals surface area (Å²) in [4.78, 5) is 26.0. The molecule has 0 heterocycles. The molecule has 0 aliphatic carbocycles. The van der Waals surface area contributed by atoms with Gasteiger partial charge in [0.15, 0.2) is 5.78 Å². The maximum atomic E-state index is 12.8. The molecular weight excluding hydrogens is 345 g/mol. The van der Waals surface area contributed by atoms with Gasteiger partial charge in [0, 0.05) is 43.2 Å². The molecule has 0 spiro atoms. The van der Waals surface area contributed by atoms with Crippen molar-refractivity contribution in [1.29, 1.82) is 0 Å². The summed E-state index contributed by atoms with van der Waals surface area (Å²) in [5, 5.41) is 2.50. The van der Waals surface area contributed by atoms with Crippen LogP contribution in [0.1, 0.15) is 26.3 Å². The van der Waals surface area contributed by atoms with Crippen LogP contribution in [0, 0.1) is 0 Å². The van der Waals surface area contributed by atoms with Gasteiger partial charge in [0.25, 0.3) is 5.91 Å². The van der Waals surface area contributed by atoms with Crippen LogP contribution in [-0.2, 0) is 6.18 Å². The molecule has 2 aromatic carbocycles. The van der Waals surface area contributed by atoms with E-state index >= 15 is 0 Å². The number of alkyl halides is 3. The fourth-order valence-electron chi connectivity index (χ4n) is 2.10. The minimum atomic E-state index is -4.53. The molecule has 0 saturated heterocycles. The van der Waals surface area contributed by atoms with Gasteiger partial charge in [-0.25, -0.2) is 0 Å². The molecule has 0 bridgehead atoms. The summed E-state index contributed by atoms with van der Waals surface area (Å²) in [7, 11) is 3.55. The van der Waals surface area contributed by atoms with E-state index in [1.165, 1.54) is 24.3 Å². The lowest BCUT2D eigenvalue weighted by molar-refractivity contribution is -0.137.